The van der Waals surface area contributed by atoms with Crippen LogP contribution in [-0.2, 0) is 21.4 Å². The van der Waals surface area contributed by atoms with E-state index in [4.69, 9.17) is 0 Å². The average molecular weight is 362 g/mol. The first kappa shape index (κ1) is 17.4. The third-order valence-electron chi connectivity index (χ3n) is 4.16. The Kier molecular flexibility index (Phi) is 4.76. The summed E-state index contributed by atoms with van der Waals surface area (Å²) in [4.78, 5) is 13.4. The number of benzene rings is 2. The molecule has 0 aliphatic carbocycles. The highest BCUT2D eigenvalue weighted by Gasteiger charge is 2.21. The van der Waals surface area contributed by atoms with E-state index in [1.807, 2.05) is 6.07 Å². The Morgan fingerprint density at radius 3 is 2.72 bits per heavy atom. The van der Waals surface area contributed by atoms with Crippen molar-refractivity contribution in [1.29, 1.82) is 0 Å². The minimum atomic E-state index is -3.89. The zero-order valence-electron chi connectivity index (χ0n) is 13.8. The van der Waals surface area contributed by atoms with Crippen molar-refractivity contribution in [2.45, 2.75) is 31.2 Å². The number of hydrogen-bond donors (Lipinski definition) is 1. The fourth-order valence-corrected chi connectivity index (χ4v) is 4.21. The van der Waals surface area contributed by atoms with Crippen molar-refractivity contribution in [2.24, 2.45) is 0 Å². The van der Waals surface area contributed by atoms with Gasteiger partial charge in [0, 0.05) is 25.2 Å². The van der Waals surface area contributed by atoms with Crippen molar-refractivity contribution in [3.8, 4) is 0 Å². The lowest BCUT2D eigenvalue weighted by Crippen LogP contribution is -2.23. The number of halogens is 1. The number of hydrogen-bond acceptors (Lipinski definition) is 3. The smallest absolute Gasteiger partial charge is 0.262 e. The van der Waals surface area contributed by atoms with Crippen LogP contribution in [0.3, 0.4) is 0 Å². The maximum absolute atomic E-state index is 13.4. The normalized spacial score (nSPS) is 14.8. The highest BCUT2D eigenvalue weighted by Crippen LogP contribution is 2.22. The molecule has 1 saturated heterocycles. The van der Waals surface area contributed by atoms with Gasteiger partial charge in [0.2, 0.25) is 5.91 Å². The van der Waals surface area contributed by atoms with E-state index < -0.39 is 15.8 Å². The number of carbonyl (C=O) groups excluding carboxylic acids is 1. The minimum Gasteiger partial charge on any atom is -0.338 e. The van der Waals surface area contributed by atoms with Gasteiger partial charge in [-0.25, -0.2) is 12.8 Å². The fraction of sp³-hybridized carbons (Fsp3) is 0.278. The number of rotatable bonds is 5. The number of sulfonamides is 1. The van der Waals surface area contributed by atoms with Gasteiger partial charge in [-0.1, -0.05) is 18.2 Å². The molecule has 0 unspecified atom stereocenters. The molecule has 1 fully saturated rings. The average Bonchev–Trinajstić information content (AvgIpc) is 2.94. The van der Waals surface area contributed by atoms with E-state index in [9.17, 15) is 17.6 Å². The molecule has 1 heterocycles. The monoisotopic (exact) mass is 362 g/mol. The summed E-state index contributed by atoms with van der Waals surface area (Å²) in [5.41, 5.74) is 1.69. The standard InChI is InChI=1S/C18H19FN2O3S/c1-13-7-8-15(19)11-17(13)25(23,24)20-16-5-2-4-14(10-16)12-21-9-3-6-18(21)22/h2,4-5,7-8,10-11,20H,3,6,9,12H2,1H3. The first-order chi connectivity index (χ1) is 11.8. The molecule has 0 saturated carbocycles. The molecule has 132 valence electrons. The molecule has 1 N–H and O–H groups in total. The van der Waals surface area contributed by atoms with E-state index >= 15 is 0 Å². The van der Waals surface area contributed by atoms with Crippen molar-refractivity contribution in [3.05, 3.63) is 59.4 Å². The summed E-state index contributed by atoms with van der Waals surface area (Å²) in [6.07, 6.45) is 1.41. The number of nitrogens with zero attached hydrogens (tertiary/aromatic N) is 1. The molecule has 1 aliphatic heterocycles. The lowest BCUT2D eigenvalue weighted by atomic mass is 10.2. The highest BCUT2D eigenvalue weighted by atomic mass is 32.2. The summed E-state index contributed by atoms with van der Waals surface area (Å²) < 4.78 is 41.0. The molecule has 3 rings (SSSR count). The van der Waals surface area contributed by atoms with Gasteiger partial charge >= 0.3 is 0 Å². The second-order valence-electron chi connectivity index (χ2n) is 6.13. The van der Waals surface area contributed by atoms with E-state index in [0.29, 0.717) is 24.2 Å². The van der Waals surface area contributed by atoms with Crippen LogP contribution in [0.4, 0.5) is 10.1 Å². The molecule has 0 radical (unpaired) electrons. The van der Waals surface area contributed by atoms with E-state index in [1.165, 1.54) is 12.1 Å². The quantitative estimate of drug-likeness (QED) is 0.889. The van der Waals surface area contributed by atoms with Crippen LogP contribution in [0.5, 0.6) is 0 Å². The zero-order valence-corrected chi connectivity index (χ0v) is 14.6. The molecule has 2 aromatic carbocycles. The van der Waals surface area contributed by atoms with Gasteiger partial charge < -0.3 is 4.90 Å². The number of carbonyl (C=O) groups is 1. The Hall–Kier alpha value is -2.41. The van der Waals surface area contributed by atoms with Crippen LogP contribution in [0.25, 0.3) is 0 Å². The van der Waals surface area contributed by atoms with Crippen molar-refractivity contribution in [2.75, 3.05) is 11.3 Å². The van der Waals surface area contributed by atoms with Crippen LogP contribution in [0.15, 0.2) is 47.4 Å². The Morgan fingerprint density at radius 2 is 2.00 bits per heavy atom. The molecule has 0 atom stereocenters. The first-order valence-corrected chi connectivity index (χ1v) is 9.49. The number of likely N-dealkylation sites (tertiary alicyclic amines) is 1. The Balaban J connectivity index is 1.81. The predicted molar refractivity (Wildman–Crippen MR) is 93.0 cm³/mol. The topological polar surface area (TPSA) is 66.5 Å². The second-order valence-corrected chi connectivity index (χ2v) is 7.79. The molecule has 1 aliphatic rings. The summed E-state index contributed by atoms with van der Waals surface area (Å²) in [6.45, 7) is 2.79. The molecular formula is C18H19FN2O3S. The Labute approximate surface area is 146 Å². The van der Waals surface area contributed by atoms with E-state index in [1.54, 1.807) is 30.0 Å². The molecule has 5 nitrogen and oxygen atoms in total. The third-order valence-corrected chi connectivity index (χ3v) is 5.69. The molecule has 25 heavy (non-hydrogen) atoms. The van der Waals surface area contributed by atoms with E-state index in [-0.39, 0.29) is 10.8 Å². The van der Waals surface area contributed by atoms with Crippen LogP contribution >= 0.6 is 0 Å². The summed E-state index contributed by atoms with van der Waals surface area (Å²) >= 11 is 0. The van der Waals surface area contributed by atoms with Crippen LogP contribution < -0.4 is 4.72 Å². The van der Waals surface area contributed by atoms with Crippen LogP contribution in [0.2, 0.25) is 0 Å². The first-order valence-electron chi connectivity index (χ1n) is 8.01. The van der Waals surface area contributed by atoms with Gasteiger partial charge in [-0.15, -0.1) is 0 Å². The maximum atomic E-state index is 13.4. The Bertz CT molecular complexity index is 912. The molecule has 0 bridgehead atoms. The van der Waals surface area contributed by atoms with Gasteiger partial charge in [0.1, 0.15) is 5.82 Å². The second kappa shape index (κ2) is 6.84. The van der Waals surface area contributed by atoms with Crippen molar-refractivity contribution < 1.29 is 17.6 Å². The third kappa shape index (κ3) is 3.99. The van der Waals surface area contributed by atoms with Gasteiger partial charge in [-0.3, -0.25) is 9.52 Å². The number of nitrogens with one attached hydrogen (secondary N) is 1. The highest BCUT2D eigenvalue weighted by molar-refractivity contribution is 7.92. The summed E-state index contributed by atoms with van der Waals surface area (Å²) in [7, 11) is -3.89. The van der Waals surface area contributed by atoms with Crippen molar-refractivity contribution in [1.82, 2.24) is 4.90 Å². The molecular weight excluding hydrogens is 343 g/mol. The van der Waals surface area contributed by atoms with Crippen LogP contribution in [0, 0.1) is 12.7 Å². The minimum absolute atomic E-state index is 0.0902. The SMILES string of the molecule is Cc1ccc(F)cc1S(=O)(=O)Nc1cccc(CN2CCCC2=O)c1. The van der Waals surface area contributed by atoms with E-state index in [0.717, 1.165) is 24.6 Å². The van der Waals surface area contributed by atoms with E-state index in [2.05, 4.69) is 4.72 Å². The number of amides is 1. The van der Waals surface area contributed by atoms with Gasteiger partial charge in [0.15, 0.2) is 0 Å². The van der Waals surface area contributed by atoms with Crippen molar-refractivity contribution in [3.63, 3.8) is 0 Å². The molecule has 0 aromatic heterocycles. The predicted octanol–water partition coefficient (Wildman–Crippen LogP) is 3.06. The molecule has 7 heteroatoms. The zero-order chi connectivity index (χ0) is 18.0. The molecule has 2 aromatic rings. The van der Waals surface area contributed by atoms with Crippen LogP contribution in [0.1, 0.15) is 24.0 Å². The summed E-state index contributed by atoms with van der Waals surface area (Å²) in [6, 6.07) is 10.5. The lowest BCUT2D eigenvalue weighted by molar-refractivity contribution is -0.128. The number of anilines is 1. The van der Waals surface area contributed by atoms with Gasteiger partial charge in [-0.2, -0.15) is 0 Å². The largest absolute Gasteiger partial charge is 0.338 e. The van der Waals surface area contributed by atoms with Gasteiger partial charge in [0.25, 0.3) is 10.0 Å². The van der Waals surface area contributed by atoms with Gasteiger partial charge in [-0.05, 0) is 48.7 Å². The Morgan fingerprint density at radius 1 is 1.20 bits per heavy atom. The molecule has 1 amide bonds. The fourth-order valence-electron chi connectivity index (χ4n) is 2.90. The summed E-state index contributed by atoms with van der Waals surface area (Å²) in [5.74, 6) is -0.492. The maximum Gasteiger partial charge on any atom is 0.262 e. The molecule has 0 spiro atoms. The lowest BCUT2D eigenvalue weighted by Gasteiger charge is -2.16. The number of aryl methyl sites for hydroxylation is 1. The van der Waals surface area contributed by atoms with Crippen molar-refractivity contribution >= 4 is 21.6 Å². The van der Waals surface area contributed by atoms with Crippen LogP contribution in [-0.4, -0.2) is 25.8 Å². The summed E-state index contributed by atoms with van der Waals surface area (Å²) in [5, 5.41) is 0. The van der Waals surface area contributed by atoms with Gasteiger partial charge in [0.05, 0.1) is 4.90 Å².